The summed E-state index contributed by atoms with van der Waals surface area (Å²) >= 11 is 9.25. The topological polar surface area (TPSA) is 68.0 Å². The van der Waals surface area contributed by atoms with Crippen LogP contribution in [0.2, 0.25) is 5.15 Å². The number of nitrogens with zero attached hydrogens (tertiary/aromatic N) is 1. The number of nitrogens with one attached hydrogen (secondary N) is 1. The van der Waals surface area contributed by atoms with Gasteiger partial charge in [-0.2, -0.15) is 0 Å². The number of carbonyl (C=O) groups is 1. The SMILES string of the molecule is Cc1ccnc(Cl)c1NC(=O)c1ccc(N)c(Br)c1. The third-order valence-electron chi connectivity index (χ3n) is 2.61. The maximum absolute atomic E-state index is 12.1. The molecule has 6 heteroatoms. The van der Waals surface area contributed by atoms with Gasteiger partial charge in [-0.25, -0.2) is 4.98 Å². The van der Waals surface area contributed by atoms with Crippen molar-refractivity contribution < 1.29 is 4.79 Å². The van der Waals surface area contributed by atoms with Crippen LogP contribution in [0.3, 0.4) is 0 Å². The second kappa shape index (κ2) is 5.59. The van der Waals surface area contributed by atoms with Crippen molar-refractivity contribution >= 4 is 44.8 Å². The lowest BCUT2D eigenvalue weighted by Gasteiger charge is -2.10. The van der Waals surface area contributed by atoms with Crippen LogP contribution in [0.15, 0.2) is 34.9 Å². The summed E-state index contributed by atoms with van der Waals surface area (Å²) in [6.07, 6.45) is 1.59. The molecule has 0 spiro atoms. The largest absolute Gasteiger partial charge is 0.398 e. The highest BCUT2D eigenvalue weighted by atomic mass is 79.9. The molecule has 0 unspecified atom stereocenters. The summed E-state index contributed by atoms with van der Waals surface area (Å²) in [5.74, 6) is -0.265. The summed E-state index contributed by atoms with van der Waals surface area (Å²) in [5, 5.41) is 3.01. The van der Waals surface area contributed by atoms with E-state index in [9.17, 15) is 4.79 Å². The van der Waals surface area contributed by atoms with Crippen molar-refractivity contribution in [2.45, 2.75) is 6.92 Å². The van der Waals surface area contributed by atoms with Gasteiger partial charge in [-0.3, -0.25) is 4.79 Å². The molecule has 1 amide bonds. The van der Waals surface area contributed by atoms with Gasteiger partial charge in [0.15, 0.2) is 5.15 Å². The number of halogens is 2. The number of benzene rings is 1. The van der Waals surface area contributed by atoms with E-state index < -0.39 is 0 Å². The zero-order chi connectivity index (χ0) is 14.0. The molecule has 19 heavy (non-hydrogen) atoms. The number of rotatable bonds is 2. The normalized spacial score (nSPS) is 10.3. The van der Waals surface area contributed by atoms with Crippen molar-refractivity contribution in [1.29, 1.82) is 0 Å². The van der Waals surface area contributed by atoms with Gasteiger partial charge in [0.1, 0.15) is 0 Å². The number of hydrogen-bond acceptors (Lipinski definition) is 3. The van der Waals surface area contributed by atoms with Crippen molar-refractivity contribution in [1.82, 2.24) is 4.98 Å². The summed E-state index contributed by atoms with van der Waals surface area (Å²) < 4.78 is 0.675. The molecule has 3 N–H and O–H groups in total. The lowest BCUT2D eigenvalue weighted by Crippen LogP contribution is -2.13. The first kappa shape index (κ1) is 13.8. The van der Waals surface area contributed by atoms with Crippen molar-refractivity contribution in [3.63, 3.8) is 0 Å². The molecule has 1 heterocycles. The smallest absolute Gasteiger partial charge is 0.255 e. The second-order valence-electron chi connectivity index (χ2n) is 3.98. The molecular formula is C13H11BrClN3O. The second-order valence-corrected chi connectivity index (χ2v) is 5.20. The molecular weight excluding hydrogens is 330 g/mol. The van der Waals surface area contributed by atoms with E-state index in [2.05, 4.69) is 26.2 Å². The van der Waals surface area contributed by atoms with Crippen LogP contribution >= 0.6 is 27.5 Å². The molecule has 0 fully saturated rings. The first-order valence-corrected chi connectivity index (χ1v) is 6.63. The third-order valence-corrected chi connectivity index (χ3v) is 3.59. The highest BCUT2D eigenvalue weighted by Crippen LogP contribution is 2.25. The third kappa shape index (κ3) is 3.05. The average molecular weight is 341 g/mol. The number of amides is 1. The van der Waals surface area contributed by atoms with E-state index in [1.165, 1.54) is 0 Å². The molecule has 0 saturated carbocycles. The molecule has 0 saturated heterocycles. The molecule has 2 aromatic rings. The first-order valence-electron chi connectivity index (χ1n) is 5.46. The Morgan fingerprint density at radius 3 is 2.79 bits per heavy atom. The van der Waals surface area contributed by atoms with Gasteiger partial charge < -0.3 is 11.1 Å². The zero-order valence-electron chi connectivity index (χ0n) is 10.1. The minimum absolute atomic E-state index is 0.265. The summed E-state index contributed by atoms with van der Waals surface area (Å²) in [6.45, 7) is 1.85. The molecule has 4 nitrogen and oxygen atoms in total. The molecule has 2 rings (SSSR count). The van der Waals surface area contributed by atoms with Gasteiger partial charge in [0.25, 0.3) is 5.91 Å². The van der Waals surface area contributed by atoms with E-state index in [-0.39, 0.29) is 11.1 Å². The molecule has 0 aliphatic rings. The Bertz CT molecular complexity index is 626. The number of carbonyl (C=O) groups excluding carboxylic acids is 1. The van der Waals surface area contributed by atoms with E-state index in [4.69, 9.17) is 17.3 Å². The lowest BCUT2D eigenvalue weighted by molar-refractivity contribution is 0.102. The highest BCUT2D eigenvalue weighted by Gasteiger charge is 2.12. The van der Waals surface area contributed by atoms with Crippen LogP contribution in [0.5, 0.6) is 0 Å². The Labute approximate surface area is 124 Å². The molecule has 0 atom stereocenters. The van der Waals surface area contributed by atoms with Crippen LogP contribution in [0.25, 0.3) is 0 Å². The summed E-state index contributed by atoms with van der Waals surface area (Å²) in [5.41, 5.74) is 8.11. The highest BCUT2D eigenvalue weighted by molar-refractivity contribution is 9.10. The van der Waals surface area contributed by atoms with Crippen LogP contribution in [0, 0.1) is 6.92 Å². The van der Waals surface area contributed by atoms with Gasteiger partial charge in [0.05, 0.1) is 5.69 Å². The summed E-state index contributed by atoms with van der Waals surface area (Å²) in [7, 11) is 0. The number of pyridine rings is 1. The van der Waals surface area contributed by atoms with Crippen molar-refractivity contribution in [2.75, 3.05) is 11.1 Å². The summed E-state index contributed by atoms with van der Waals surface area (Å²) in [4.78, 5) is 16.1. The Hall–Kier alpha value is -1.59. The predicted molar refractivity (Wildman–Crippen MR) is 80.5 cm³/mol. The van der Waals surface area contributed by atoms with Crippen molar-refractivity contribution in [2.24, 2.45) is 0 Å². The fraction of sp³-hybridized carbons (Fsp3) is 0.0769. The Morgan fingerprint density at radius 2 is 2.16 bits per heavy atom. The number of nitrogen functional groups attached to an aromatic ring is 1. The van der Waals surface area contributed by atoms with Crippen LogP contribution in [0.1, 0.15) is 15.9 Å². The molecule has 0 aliphatic carbocycles. The number of aryl methyl sites for hydroxylation is 1. The van der Waals surface area contributed by atoms with Crippen LogP contribution < -0.4 is 11.1 Å². The predicted octanol–water partition coefficient (Wildman–Crippen LogP) is 3.64. The van der Waals surface area contributed by atoms with Crippen LogP contribution in [-0.4, -0.2) is 10.9 Å². The Morgan fingerprint density at radius 1 is 1.42 bits per heavy atom. The standard InChI is InChI=1S/C13H11BrClN3O/c1-7-4-5-17-12(15)11(7)18-13(19)8-2-3-10(16)9(14)6-8/h2-6H,16H2,1H3,(H,18,19). The average Bonchev–Trinajstić information content (AvgIpc) is 2.37. The molecule has 98 valence electrons. The van der Waals surface area contributed by atoms with Gasteiger partial charge >= 0.3 is 0 Å². The Kier molecular flexibility index (Phi) is 4.07. The maximum Gasteiger partial charge on any atom is 0.255 e. The minimum atomic E-state index is -0.265. The number of aromatic nitrogens is 1. The monoisotopic (exact) mass is 339 g/mol. The van der Waals surface area contributed by atoms with Gasteiger partial charge in [0, 0.05) is 21.9 Å². The van der Waals surface area contributed by atoms with Crippen LogP contribution in [-0.2, 0) is 0 Å². The summed E-state index contributed by atoms with van der Waals surface area (Å²) in [6, 6.07) is 6.75. The van der Waals surface area contributed by atoms with E-state index in [1.54, 1.807) is 30.5 Å². The molecule has 1 aromatic carbocycles. The van der Waals surface area contributed by atoms with Gasteiger partial charge in [0.2, 0.25) is 0 Å². The Balaban J connectivity index is 2.28. The number of anilines is 2. The van der Waals surface area contributed by atoms with Gasteiger partial charge in [-0.05, 0) is 52.7 Å². The quantitative estimate of drug-likeness (QED) is 0.648. The van der Waals surface area contributed by atoms with Crippen molar-refractivity contribution in [3.8, 4) is 0 Å². The fourth-order valence-corrected chi connectivity index (χ4v) is 2.16. The van der Waals surface area contributed by atoms with E-state index in [0.29, 0.717) is 21.4 Å². The van der Waals surface area contributed by atoms with Gasteiger partial charge in [-0.15, -0.1) is 0 Å². The first-order chi connectivity index (χ1) is 8.99. The fourth-order valence-electron chi connectivity index (χ4n) is 1.53. The van der Waals surface area contributed by atoms with E-state index >= 15 is 0 Å². The zero-order valence-corrected chi connectivity index (χ0v) is 12.4. The molecule has 0 aliphatic heterocycles. The number of hydrogen-bond donors (Lipinski definition) is 2. The van der Waals surface area contributed by atoms with Gasteiger partial charge in [-0.1, -0.05) is 11.6 Å². The lowest BCUT2D eigenvalue weighted by atomic mass is 10.2. The minimum Gasteiger partial charge on any atom is -0.398 e. The molecule has 1 aromatic heterocycles. The van der Waals surface area contributed by atoms with Crippen LogP contribution in [0.4, 0.5) is 11.4 Å². The van der Waals surface area contributed by atoms with E-state index in [0.717, 1.165) is 5.56 Å². The van der Waals surface area contributed by atoms with Crippen molar-refractivity contribution in [3.05, 3.63) is 51.2 Å². The number of nitrogens with two attached hydrogens (primary N) is 1. The maximum atomic E-state index is 12.1. The molecule has 0 bridgehead atoms. The molecule has 0 radical (unpaired) electrons. The van der Waals surface area contributed by atoms with E-state index in [1.807, 2.05) is 6.92 Å².